The maximum atomic E-state index is 5.91. The van der Waals surface area contributed by atoms with Crippen LogP contribution in [0.4, 0.5) is 11.5 Å². The summed E-state index contributed by atoms with van der Waals surface area (Å²) in [5.41, 5.74) is 14.2. The van der Waals surface area contributed by atoms with E-state index in [1.165, 1.54) is 0 Å². The van der Waals surface area contributed by atoms with Crippen molar-refractivity contribution in [2.24, 2.45) is 0 Å². The first-order valence-electron chi connectivity index (χ1n) is 5.35. The van der Waals surface area contributed by atoms with Crippen LogP contribution in [0, 0.1) is 0 Å². The van der Waals surface area contributed by atoms with Gasteiger partial charge in [0.1, 0.15) is 5.82 Å². The van der Waals surface area contributed by atoms with Crippen LogP contribution in [0.3, 0.4) is 0 Å². The molecule has 0 aliphatic carbocycles. The number of nitrogens with two attached hydrogens (primary N) is 2. The SMILES string of the molecule is CCCCc1c(N)nc2c(N)cc(Br)cn12. The van der Waals surface area contributed by atoms with Crippen LogP contribution in [0.1, 0.15) is 25.5 Å². The third-order valence-electron chi connectivity index (χ3n) is 2.61. The summed E-state index contributed by atoms with van der Waals surface area (Å²) in [6, 6.07) is 1.84. The Morgan fingerprint density at radius 3 is 2.88 bits per heavy atom. The van der Waals surface area contributed by atoms with E-state index in [9.17, 15) is 0 Å². The Kier molecular flexibility index (Phi) is 3.05. The van der Waals surface area contributed by atoms with Gasteiger partial charge in [0.05, 0.1) is 11.4 Å². The van der Waals surface area contributed by atoms with Gasteiger partial charge >= 0.3 is 0 Å². The van der Waals surface area contributed by atoms with Crippen LogP contribution in [0.25, 0.3) is 5.65 Å². The molecule has 0 saturated carbocycles. The number of nitrogen functional groups attached to an aromatic ring is 2. The van der Waals surface area contributed by atoms with Crippen LogP contribution in [0.2, 0.25) is 0 Å². The van der Waals surface area contributed by atoms with Crippen molar-refractivity contribution in [3.05, 3.63) is 22.4 Å². The molecule has 2 aromatic rings. The molecule has 0 bridgehead atoms. The molecule has 4 nitrogen and oxygen atoms in total. The zero-order valence-corrected chi connectivity index (χ0v) is 10.8. The van der Waals surface area contributed by atoms with E-state index in [1.54, 1.807) is 0 Å². The molecule has 0 unspecified atom stereocenters. The topological polar surface area (TPSA) is 69.3 Å². The van der Waals surface area contributed by atoms with E-state index in [1.807, 2.05) is 16.7 Å². The molecule has 0 saturated heterocycles. The van der Waals surface area contributed by atoms with Crippen molar-refractivity contribution in [3.63, 3.8) is 0 Å². The maximum Gasteiger partial charge on any atom is 0.162 e. The molecule has 5 heteroatoms. The van der Waals surface area contributed by atoms with Crippen LogP contribution in [0.5, 0.6) is 0 Å². The number of pyridine rings is 1. The zero-order valence-electron chi connectivity index (χ0n) is 9.20. The molecule has 4 N–H and O–H groups in total. The molecular weight excluding hydrogens is 268 g/mol. The maximum absolute atomic E-state index is 5.91. The minimum absolute atomic E-state index is 0.582. The Hall–Kier alpha value is -1.23. The molecule has 0 aliphatic rings. The van der Waals surface area contributed by atoms with Crippen LogP contribution in [-0.4, -0.2) is 9.38 Å². The van der Waals surface area contributed by atoms with Gasteiger partial charge in [-0.25, -0.2) is 4.98 Å². The second-order valence-corrected chi connectivity index (χ2v) is 4.77. The number of halogens is 1. The minimum atomic E-state index is 0.582. The lowest BCUT2D eigenvalue weighted by Gasteiger charge is -2.03. The summed E-state index contributed by atoms with van der Waals surface area (Å²) in [7, 11) is 0. The Morgan fingerprint density at radius 1 is 1.44 bits per heavy atom. The molecule has 2 aromatic heterocycles. The standard InChI is InChI=1S/C11H15BrN4/c1-2-3-4-9-10(14)15-11-8(13)5-7(12)6-16(9)11/h5-6H,2-4,13-14H2,1H3. The average molecular weight is 283 g/mol. The quantitative estimate of drug-likeness (QED) is 0.909. The summed E-state index contributed by atoms with van der Waals surface area (Å²) in [6.45, 7) is 2.16. The predicted molar refractivity (Wildman–Crippen MR) is 70.3 cm³/mol. The fraction of sp³-hybridized carbons (Fsp3) is 0.364. The van der Waals surface area contributed by atoms with Crippen molar-refractivity contribution in [2.45, 2.75) is 26.2 Å². The lowest BCUT2D eigenvalue weighted by atomic mass is 10.2. The molecule has 2 rings (SSSR count). The van der Waals surface area contributed by atoms with Crippen molar-refractivity contribution in [1.29, 1.82) is 0 Å². The van der Waals surface area contributed by atoms with E-state index >= 15 is 0 Å². The van der Waals surface area contributed by atoms with Gasteiger partial charge in [-0.15, -0.1) is 0 Å². The van der Waals surface area contributed by atoms with E-state index in [0.29, 0.717) is 11.5 Å². The fourth-order valence-electron chi connectivity index (χ4n) is 1.79. The Labute approximate surface area is 103 Å². The number of hydrogen-bond acceptors (Lipinski definition) is 3. The monoisotopic (exact) mass is 282 g/mol. The van der Waals surface area contributed by atoms with Crippen molar-refractivity contribution >= 4 is 33.1 Å². The lowest BCUT2D eigenvalue weighted by molar-refractivity contribution is 0.772. The molecule has 0 fully saturated rings. The van der Waals surface area contributed by atoms with E-state index in [0.717, 1.165) is 35.1 Å². The number of aryl methyl sites for hydroxylation is 1. The van der Waals surface area contributed by atoms with Gasteiger partial charge < -0.3 is 11.5 Å². The molecule has 2 heterocycles. The third kappa shape index (κ3) is 1.87. The normalized spacial score (nSPS) is 11.1. The highest BCUT2D eigenvalue weighted by molar-refractivity contribution is 9.10. The molecule has 86 valence electrons. The van der Waals surface area contributed by atoms with E-state index in [4.69, 9.17) is 11.5 Å². The molecular formula is C11H15BrN4. The molecule has 16 heavy (non-hydrogen) atoms. The second kappa shape index (κ2) is 4.33. The van der Waals surface area contributed by atoms with E-state index in [2.05, 4.69) is 27.8 Å². The largest absolute Gasteiger partial charge is 0.396 e. The molecule has 0 amide bonds. The second-order valence-electron chi connectivity index (χ2n) is 3.85. The van der Waals surface area contributed by atoms with E-state index in [-0.39, 0.29) is 0 Å². The minimum Gasteiger partial charge on any atom is -0.396 e. The number of nitrogens with zero attached hydrogens (tertiary/aromatic N) is 2. The van der Waals surface area contributed by atoms with Crippen molar-refractivity contribution < 1.29 is 0 Å². The van der Waals surface area contributed by atoms with Crippen LogP contribution < -0.4 is 11.5 Å². The van der Waals surface area contributed by atoms with E-state index < -0.39 is 0 Å². The average Bonchev–Trinajstić information content (AvgIpc) is 2.53. The smallest absolute Gasteiger partial charge is 0.162 e. The van der Waals surface area contributed by atoms with Crippen LogP contribution in [-0.2, 0) is 6.42 Å². The van der Waals surface area contributed by atoms with Gasteiger partial charge in [-0.3, -0.25) is 4.40 Å². The first-order chi connectivity index (χ1) is 7.63. The lowest BCUT2D eigenvalue weighted by Crippen LogP contribution is -1.98. The van der Waals surface area contributed by atoms with Gasteiger partial charge in [0.2, 0.25) is 0 Å². The molecule has 0 aliphatic heterocycles. The molecule has 0 spiro atoms. The number of aromatic nitrogens is 2. The number of unbranched alkanes of at least 4 members (excludes halogenated alkanes) is 1. The number of imidazole rings is 1. The first-order valence-corrected chi connectivity index (χ1v) is 6.14. The molecule has 0 aromatic carbocycles. The summed E-state index contributed by atoms with van der Waals surface area (Å²) in [5, 5.41) is 0. The summed E-state index contributed by atoms with van der Waals surface area (Å²) in [4.78, 5) is 4.30. The van der Waals surface area contributed by atoms with Gasteiger partial charge in [0, 0.05) is 10.7 Å². The van der Waals surface area contributed by atoms with Crippen molar-refractivity contribution in [2.75, 3.05) is 11.5 Å². The number of rotatable bonds is 3. The third-order valence-corrected chi connectivity index (χ3v) is 3.05. The number of hydrogen-bond donors (Lipinski definition) is 2. The summed E-state index contributed by atoms with van der Waals surface area (Å²) >= 11 is 3.43. The molecule has 0 radical (unpaired) electrons. The summed E-state index contributed by atoms with van der Waals surface area (Å²) < 4.78 is 2.91. The highest BCUT2D eigenvalue weighted by Gasteiger charge is 2.11. The summed E-state index contributed by atoms with van der Waals surface area (Å²) in [5.74, 6) is 0.582. The van der Waals surface area contributed by atoms with Gasteiger partial charge in [-0.05, 0) is 34.8 Å². The zero-order chi connectivity index (χ0) is 11.7. The highest BCUT2D eigenvalue weighted by Crippen LogP contribution is 2.24. The highest BCUT2D eigenvalue weighted by atomic mass is 79.9. The first kappa shape index (κ1) is 11.3. The van der Waals surface area contributed by atoms with Crippen molar-refractivity contribution in [3.8, 4) is 0 Å². The number of anilines is 2. The van der Waals surface area contributed by atoms with Gasteiger partial charge in [-0.2, -0.15) is 0 Å². The fourth-order valence-corrected chi connectivity index (χ4v) is 2.24. The van der Waals surface area contributed by atoms with Crippen LogP contribution >= 0.6 is 15.9 Å². The van der Waals surface area contributed by atoms with Crippen molar-refractivity contribution in [1.82, 2.24) is 9.38 Å². The van der Waals surface area contributed by atoms with Gasteiger partial charge in [-0.1, -0.05) is 13.3 Å². The van der Waals surface area contributed by atoms with Gasteiger partial charge in [0.25, 0.3) is 0 Å². The van der Waals surface area contributed by atoms with Crippen LogP contribution in [0.15, 0.2) is 16.7 Å². The summed E-state index contributed by atoms with van der Waals surface area (Å²) in [6.07, 6.45) is 5.13. The number of fused-ring (bicyclic) bond motifs is 1. The molecule has 0 atom stereocenters. The Balaban J connectivity index is 2.59. The predicted octanol–water partition coefficient (Wildman–Crippen LogP) is 2.60. The Morgan fingerprint density at radius 2 is 2.19 bits per heavy atom. The van der Waals surface area contributed by atoms with Gasteiger partial charge in [0.15, 0.2) is 5.65 Å². The Bertz CT molecular complexity index is 518.